The maximum Gasteiger partial charge on any atom is 0.327 e. The summed E-state index contributed by atoms with van der Waals surface area (Å²) in [5.74, 6) is -0.981. The molecule has 0 fully saturated rings. The maximum absolute atomic E-state index is 9.25. The highest BCUT2D eigenvalue weighted by molar-refractivity contribution is 5.85. The molecule has 0 aliphatic heterocycles. The van der Waals surface area contributed by atoms with E-state index in [4.69, 9.17) is 5.11 Å². The Morgan fingerprint density at radius 2 is 1.14 bits per heavy atom. The predicted molar refractivity (Wildman–Crippen MR) is 64.3 cm³/mol. The minimum absolute atomic E-state index is 0. The molecule has 0 aliphatic carbocycles. The van der Waals surface area contributed by atoms with Crippen LogP contribution in [-0.2, 0) is 4.79 Å². The van der Waals surface area contributed by atoms with Gasteiger partial charge in [0.05, 0.1) is 0 Å². The van der Waals surface area contributed by atoms with E-state index in [0.717, 1.165) is 6.08 Å². The van der Waals surface area contributed by atoms with Crippen molar-refractivity contribution in [3.8, 4) is 0 Å². The average molecular weight is 227 g/mol. The van der Waals surface area contributed by atoms with Gasteiger partial charge in [-0.05, 0) is 42.3 Å². The third-order valence-electron chi connectivity index (χ3n) is 0.175. The normalized spacial score (nSPS) is 7.43. The monoisotopic (exact) mass is 226 g/mol. The SMILES string of the molecule is C=CC(=O)O.CN(C)C.CN(C)C.Cl. The Labute approximate surface area is 93.6 Å². The van der Waals surface area contributed by atoms with Crippen LogP contribution < -0.4 is 0 Å². The van der Waals surface area contributed by atoms with E-state index in [1.54, 1.807) is 0 Å². The molecule has 0 radical (unpaired) electrons. The van der Waals surface area contributed by atoms with E-state index in [2.05, 4.69) is 6.58 Å². The molecule has 0 bridgehead atoms. The highest BCUT2D eigenvalue weighted by Crippen LogP contribution is 1.54. The number of aliphatic carboxylic acids is 1. The smallest absolute Gasteiger partial charge is 0.327 e. The number of hydrogen-bond donors (Lipinski definition) is 1. The minimum atomic E-state index is -0.981. The quantitative estimate of drug-likeness (QED) is 0.679. The number of halogens is 1. The van der Waals surface area contributed by atoms with E-state index in [-0.39, 0.29) is 12.4 Å². The molecule has 88 valence electrons. The summed E-state index contributed by atoms with van der Waals surface area (Å²) in [7, 11) is 12.0. The highest BCUT2D eigenvalue weighted by Gasteiger charge is 1.73. The molecule has 5 heteroatoms. The van der Waals surface area contributed by atoms with Crippen molar-refractivity contribution in [3.63, 3.8) is 0 Å². The average Bonchev–Trinajstić information content (AvgIpc) is 1.84. The van der Waals surface area contributed by atoms with Gasteiger partial charge in [0.15, 0.2) is 0 Å². The van der Waals surface area contributed by atoms with Gasteiger partial charge in [-0.2, -0.15) is 0 Å². The van der Waals surface area contributed by atoms with Gasteiger partial charge in [-0.15, -0.1) is 12.4 Å². The molecule has 0 unspecified atom stereocenters. The molecule has 14 heavy (non-hydrogen) atoms. The van der Waals surface area contributed by atoms with E-state index in [1.165, 1.54) is 0 Å². The topological polar surface area (TPSA) is 43.8 Å². The van der Waals surface area contributed by atoms with Crippen molar-refractivity contribution in [2.75, 3.05) is 42.3 Å². The largest absolute Gasteiger partial charge is 0.478 e. The Morgan fingerprint density at radius 1 is 1.07 bits per heavy atom. The van der Waals surface area contributed by atoms with Crippen molar-refractivity contribution in [3.05, 3.63) is 12.7 Å². The number of rotatable bonds is 1. The molecule has 0 aromatic heterocycles. The summed E-state index contributed by atoms with van der Waals surface area (Å²) in [6, 6.07) is 0. The predicted octanol–water partition coefficient (Wildman–Crippen LogP) is 1.03. The van der Waals surface area contributed by atoms with Gasteiger partial charge in [0.25, 0.3) is 0 Å². The molecule has 0 amide bonds. The van der Waals surface area contributed by atoms with Gasteiger partial charge < -0.3 is 14.9 Å². The first kappa shape index (κ1) is 23.3. The number of hydrogen-bond acceptors (Lipinski definition) is 3. The van der Waals surface area contributed by atoms with Crippen LogP contribution in [0.1, 0.15) is 0 Å². The van der Waals surface area contributed by atoms with Crippen molar-refractivity contribution in [1.29, 1.82) is 0 Å². The summed E-state index contributed by atoms with van der Waals surface area (Å²) < 4.78 is 0. The van der Waals surface area contributed by atoms with Crippen LogP contribution in [0.2, 0.25) is 0 Å². The zero-order valence-electron chi connectivity index (χ0n) is 9.94. The fraction of sp³-hybridized carbons (Fsp3) is 0.667. The molecule has 0 aromatic carbocycles. The molecule has 0 atom stereocenters. The lowest BCUT2D eigenvalue weighted by atomic mass is 10.7. The van der Waals surface area contributed by atoms with E-state index >= 15 is 0 Å². The number of nitrogens with zero attached hydrogens (tertiary/aromatic N) is 2. The van der Waals surface area contributed by atoms with Crippen LogP contribution in [0.25, 0.3) is 0 Å². The second-order valence-corrected chi connectivity index (χ2v) is 3.23. The van der Waals surface area contributed by atoms with Crippen LogP contribution in [0.4, 0.5) is 0 Å². The number of carboxylic acids is 1. The van der Waals surface area contributed by atoms with Crippen molar-refractivity contribution in [2.45, 2.75) is 0 Å². The van der Waals surface area contributed by atoms with Gasteiger partial charge >= 0.3 is 5.97 Å². The molecule has 1 N–H and O–H groups in total. The Balaban J connectivity index is -0.0000000522. The lowest BCUT2D eigenvalue weighted by molar-refractivity contribution is -0.131. The van der Waals surface area contributed by atoms with Crippen molar-refractivity contribution >= 4 is 18.4 Å². The summed E-state index contributed by atoms with van der Waals surface area (Å²) in [6.45, 7) is 2.96. The van der Waals surface area contributed by atoms with Gasteiger partial charge in [0.1, 0.15) is 0 Å². The Morgan fingerprint density at radius 3 is 1.14 bits per heavy atom. The molecule has 0 saturated heterocycles. The molecule has 4 nitrogen and oxygen atoms in total. The highest BCUT2D eigenvalue weighted by atomic mass is 35.5. The lowest BCUT2D eigenvalue weighted by Gasteiger charge is -1.90. The van der Waals surface area contributed by atoms with Gasteiger partial charge in [-0.1, -0.05) is 6.58 Å². The summed E-state index contributed by atoms with van der Waals surface area (Å²) in [4.78, 5) is 13.2. The van der Waals surface area contributed by atoms with Crippen molar-refractivity contribution < 1.29 is 9.90 Å². The van der Waals surface area contributed by atoms with Crippen LogP contribution >= 0.6 is 12.4 Å². The molecule has 0 aliphatic rings. The molecule has 0 spiro atoms. The summed E-state index contributed by atoms with van der Waals surface area (Å²) in [5.41, 5.74) is 0. The number of carbonyl (C=O) groups is 1. The molecule has 0 heterocycles. The summed E-state index contributed by atoms with van der Waals surface area (Å²) in [5, 5.41) is 7.60. The number of carboxylic acid groups (broad SMARTS) is 1. The first-order valence-corrected chi connectivity index (χ1v) is 3.81. The summed E-state index contributed by atoms with van der Waals surface area (Å²) in [6.07, 6.45) is 0.833. The second kappa shape index (κ2) is 18.3. The Kier molecular flexibility index (Phi) is 30.4. The van der Waals surface area contributed by atoms with E-state index < -0.39 is 5.97 Å². The third-order valence-corrected chi connectivity index (χ3v) is 0.175. The third kappa shape index (κ3) is 615. The lowest BCUT2D eigenvalue weighted by Crippen LogP contribution is -1.99. The fourth-order valence-corrected chi connectivity index (χ4v) is 0. The Hall–Kier alpha value is -0.580. The van der Waals surface area contributed by atoms with Gasteiger partial charge in [0.2, 0.25) is 0 Å². The molecule has 0 saturated carbocycles. The standard InChI is InChI=1S/2C3H9N.C3H4O2.ClH/c2*1-4(2)3;1-2-3(4)5;/h2*1-3H3;2H,1H2,(H,4,5);1H. The van der Waals surface area contributed by atoms with E-state index in [1.807, 2.05) is 52.1 Å². The van der Waals surface area contributed by atoms with Crippen LogP contribution in [0, 0.1) is 0 Å². The van der Waals surface area contributed by atoms with Crippen LogP contribution in [0.3, 0.4) is 0 Å². The van der Waals surface area contributed by atoms with E-state index in [9.17, 15) is 4.79 Å². The molecule has 0 rings (SSSR count). The maximum atomic E-state index is 9.25. The van der Waals surface area contributed by atoms with Gasteiger partial charge in [-0.25, -0.2) is 4.79 Å². The van der Waals surface area contributed by atoms with E-state index in [0.29, 0.717) is 0 Å². The fourth-order valence-electron chi connectivity index (χ4n) is 0. The molecular formula is C9H23ClN2O2. The second-order valence-electron chi connectivity index (χ2n) is 3.23. The molecular weight excluding hydrogens is 204 g/mol. The first-order chi connectivity index (χ1) is 5.73. The van der Waals surface area contributed by atoms with Gasteiger partial charge in [0, 0.05) is 6.08 Å². The Bertz CT molecular complexity index is 116. The van der Waals surface area contributed by atoms with Crippen molar-refractivity contribution in [1.82, 2.24) is 9.80 Å². The zero-order valence-corrected chi connectivity index (χ0v) is 10.8. The first-order valence-electron chi connectivity index (χ1n) is 3.81. The van der Waals surface area contributed by atoms with Crippen LogP contribution in [0.5, 0.6) is 0 Å². The van der Waals surface area contributed by atoms with Crippen LogP contribution in [0.15, 0.2) is 12.7 Å². The minimum Gasteiger partial charge on any atom is -0.478 e. The summed E-state index contributed by atoms with van der Waals surface area (Å²) >= 11 is 0. The van der Waals surface area contributed by atoms with Crippen molar-refractivity contribution in [2.24, 2.45) is 0 Å². The van der Waals surface area contributed by atoms with Crippen LogP contribution in [-0.4, -0.2) is 63.2 Å². The van der Waals surface area contributed by atoms with Gasteiger partial charge in [-0.3, -0.25) is 0 Å². The zero-order chi connectivity index (χ0) is 11.4. The molecule has 0 aromatic rings.